The third-order valence-corrected chi connectivity index (χ3v) is 5.03. The molecule has 0 bridgehead atoms. The minimum atomic E-state index is -0.0948. The van der Waals surface area contributed by atoms with Crippen LogP contribution < -0.4 is 5.56 Å². The van der Waals surface area contributed by atoms with E-state index in [9.17, 15) is 9.59 Å². The largest absolute Gasteiger partial charge is 0.382 e. The lowest BCUT2D eigenvalue weighted by Gasteiger charge is -2.14. The van der Waals surface area contributed by atoms with Gasteiger partial charge in [-0.1, -0.05) is 27.7 Å². The van der Waals surface area contributed by atoms with Gasteiger partial charge < -0.3 is 9.64 Å². The fourth-order valence-electron chi connectivity index (χ4n) is 2.20. The predicted octanol–water partition coefficient (Wildman–Crippen LogP) is 2.77. The van der Waals surface area contributed by atoms with Crippen LogP contribution in [0.25, 0.3) is 10.9 Å². The molecule has 0 aliphatic carbocycles. The summed E-state index contributed by atoms with van der Waals surface area (Å²) in [5.74, 6) is 0.225. The molecule has 1 amide bonds. The second-order valence-corrected chi connectivity index (χ2v) is 7.50. The fourth-order valence-corrected chi connectivity index (χ4v) is 3.57. The van der Waals surface area contributed by atoms with Crippen LogP contribution in [0.4, 0.5) is 0 Å². The number of aromatic nitrogens is 2. The van der Waals surface area contributed by atoms with Gasteiger partial charge in [-0.05, 0) is 31.5 Å². The summed E-state index contributed by atoms with van der Waals surface area (Å²) in [5.41, 5.74) is 0.539. The Balaban J connectivity index is 2.36. The molecule has 0 atom stereocenters. The number of rotatable bonds is 8. The van der Waals surface area contributed by atoms with E-state index in [1.54, 1.807) is 24.7 Å². The first-order chi connectivity index (χ1) is 11.9. The molecule has 0 aliphatic heterocycles. The fraction of sp³-hybridized carbons (Fsp3) is 0.471. The van der Waals surface area contributed by atoms with E-state index in [1.165, 1.54) is 16.7 Å². The lowest BCUT2D eigenvalue weighted by Crippen LogP contribution is -2.26. The van der Waals surface area contributed by atoms with E-state index >= 15 is 0 Å². The van der Waals surface area contributed by atoms with Crippen LogP contribution in [-0.4, -0.2) is 53.4 Å². The van der Waals surface area contributed by atoms with Gasteiger partial charge in [-0.25, -0.2) is 4.98 Å². The molecular weight excluding hydrogens is 406 g/mol. The third kappa shape index (κ3) is 5.29. The van der Waals surface area contributed by atoms with Crippen LogP contribution in [-0.2, 0) is 16.1 Å². The normalized spacial score (nSPS) is 11.0. The molecule has 1 heterocycles. The second kappa shape index (κ2) is 9.35. The minimum absolute atomic E-state index is 0.0176. The quantitative estimate of drug-likeness (QED) is 0.368. The predicted molar refractivity (Wildman–Crippen MR) is 104 cm³/mol. The third-order valence-electron chi connectivity index (χ3n) is 3.58. The standard InChI is InChI=1S/C17H22BrN3O3S/c1-4-24-9-5-8-21-16(23)13-10-12(18)6-7-14(13)19-17(21)25-11-15(22)20(2)3/h6-7,10H,4-5,8-9,11H2,1-3H3. The van der Waals surface area contributed by atoms with E-state index < -0.39 is 0 Å². The van der Waals surface area contributed by atoms with Crippen molar-refractivity contribution in [2.45, 2.75) is 25.0 Å². The van der Waals surface area contributed by atoms with Gasteiger partial charge in [0.1, 0.15) is 0 Å². The molecule has 2 rings (SSSR count). The molecule has 136 valence electrons. The van der Waals surface area contributed by atoms with E-state index in [4.69, 9.17) is 4.74 Å². The van der Waals surface area contributed by atoms with Gasteiger partial charge in [-0.3, -0.25) is 14.2 Å². The number of fused-ring (bicyclic) bond motifs is 1. The highest BCUT2D eigenvalue weighted by Gasteiger charge is 2.14. The van der Waals surface area contributed by atoms with Crippen LogP contribution in [0.15, 0.2) is 32.6 Å². The zero-order valence-electron chi connectivity index (χ0n) is 14.6. The van der Waals surface area contributed by atoms with Crippen LogP contribution in [0.3, 0.4) is 0 Å². The molecule has 0 N–H and O–H groups in total. The first-order valence-corrected chi connectivity index (χ1v) is 9.82. The number of amides is 1. The Hall–Kier alpha value is -1.38. The monoisotopic (exact) mass is 427 g/mol. The molecule has 1 aromatic carbocycles. The average molecular weight is 428 g/mol. The molecule has 2 aromatic rings. The molecule has 25 heavy (non-hydrogen) atoms. The Morgan fingerprint density at radius 2 is 2.16 bits per heavy atom. The van der Waals surface area contributed by atoms with Crippen molar-refractivity contribution >= 4 is 44.5 Å². The Bertz CT molecular complexity index is 808. The molecule has 0 spiro atoms. The number of carbonyl (C=O) groups excluding carboxylic acids is 1. The molecule has 0 saturated carbocycles. The van der Waals surface area contributed by atoms with Crippen molar-refractivity contribution in [3.63, 3.8) is 0 Å². The van der Waals surface area contributed by atoms with Gasteiger partial charge in [-0.2, -0.15) is 0 Å². The molecule has 0 radical (unpaired) electrons. The van der Waals surface area contributed by atoms with Gasteiger partial charge in [-0.15, -0.1) is 0 Å². The first kappa shape index (κ1) is 19.9. The molecule has 1 aromatic heterocycles. The van der Waals surface area contributed by atoms with Crippen molar-refractivity contribution in [3.8, 4) is 0 Å². The van der Waals surface area contributed by atoms with E-state index in [0.717, 1.165) is 4.47 Å². The number of hydrogen-bond acceptors (Lipinski definition) is 5. The molecule has 0 saturated heterocycles. The number of nitrogens with zero attached hydrogens (tertiary/aromatic N) is 3. The highest BCUT2D eigenvalue weighted by molar-refractivity contribution is 9.10. The number of thioether (sulfide) groups is 1. The van der Waals surface area contributed by atoms with Crippen molar-refractivity contribution in [2.75, 3.05) is 33.1 Å². The lowest BCUT2D eigenvalue weighted by molar-refractivity contribution is -0.125. The van der Waals surface area contributed by atoms with Gasteiger partial charge in [0, 0.05) is 38.3 Å². The Morgan fingerprint density at radius 3 is 2.84 bits per heavy atom. The van der Waals surface area contributed by atoms with Crippen molar-refractivity contribution in [1.29, 1.82) is 0 Å². The van der Waals surface area contributed by atoms with Gasteiger partial charge in [0.25, 0.3) is 5.56 Å². The number of carbonyl (C=O) groups is 1. The zero-order chi connectivity index (χ0) is 18.4. The Morgan fingerprint density at radius 1 is 1.40 bits per heavy atom. The smallest absolute Gasteiger partial charge is 0.262 e. The number of ether oxygens (including phenoxy) is 1. The van der Waals surface area contributed by atoms with E-state index in [2.05, 4.69) is 20.9 Å². The minimum Gasteiger partial charge on any atom is -0.382 e. The summed E-state index contributed by atoms with van der Waals surface area (Å²) in [4.78, 5) is 30.9. The zero-order valence-corrected chi connectivity index (χ0v) is 17.0. The average Bonchev–Trinajstić information content (AvgIpc) is 2.58. The summed E-state index contributed by atoms with van der Waals surface area (Å²) in [6.07, 6.45) is 0.712. The number of benzene rings is 1. The Kier molecular flexibility index (Phi) is 7.46. The highest BCUT2D eigenvalue weighted by Crippen LogP contribution is 2.21. The molecule has 0 aliphatic rings. The van der Waals surface area contributed by atoms with Crippen molar-refractivity contribution in [1.82, 2.24) is 14.5 Å². The van der Waals surface area contributed by atoms with Gasteiger partial charge in [0.15, 0.2) is 5.16 Å². The van der Waals surface area contributed by atoms with Crippen molar-refractivity contribution in [3.05, 3.63) is 33.0 Å². The second-order valence-electron chi connectivity index (χ2n) is 5.64. The van der Waals surface area contributed by atoms with Crippen molar-refractivity contribution in [2.24, 2.45) is 0 Å². The summed E-state index contributed by atoms with van der Waals surface area (Å²) in [6, 6.07) is 5.44. The maximum atomic E-state index is 12.9. The summed E-state index contributed by atoms with van der Waals surface area (Å²) < 4.78 is 7.84. The first-order valence-electron chi connectivity index (χ1n) is 8.04. The highest BCUT2D eigenvalue weighted by atomic mass is 79.9. The summed E-state index contributed by atoms with van der Waals surface area (Å²) >= 11 is 4.69. The van der Waals surface area contributed by atoms with E-state index in [0.29, 0.717) is 42.2 Å². The molecule has 0 fully saturated rings. The van der Waals surface area contributed by atoms with E-state index in [-0.39, 0.29) is 17.2 Å². The molecular formula is C17H22BrN3O3S. The van der Waals surface area contributed by atoms with Crippen LogP contribution in [0.2, 0.25) is 0 Å². The van der Waals surface area contributed by atoms with Crippen LogP contribution in [0.1, 0.15) is 13.3 Å². The maximum absolute atomic E-state index is 12.9. The van der Waals surface area contributed by atoms with Gasteiger partial charge >= 0.3 is 0 Å². The summed E-state index contributed by atoms with van der Waals surface area (Å²) in [5, 5.41) is 1.13. The molecule has 6 nitrogen and oxygen atoms in total. The SMILES string of the molecule is CCOCCCn1c(SCC(=O)N(C)C)nc2ccc(Br)cc2c1=O. The lowest BCUT2D eigenvalue weighted by atomic mass is 10.2. The van der Waals surface area contributed by atoms with Gasteiger partial charge in [0.2, 0.25) is 5.91 Å². The Labute approximate surface area is 159 Å². The van der Waals surface area contributed by atoms with Crippen molar-refractivity contribution < 1.29 is 9.53 Å². The van der Waals surface area contributed by atoms with Crippen LogP contribution in [0.5, 0.6) is 0 Å². The van der Waals surface area contributed by atoms with E-state index in [1.807, 2.05) is 19.1 Å². The van der Waals surface area contributed by atoms with Gasteiger partial charge in [0.05, 0.1) is 16.7 Å². The maximum Gasteiger partial charge on any atom is 0.262 e. The number of hydrogen-bond donors (Lipinski definition) is 0. The van der Waals surface area contributed by atoms with Crippen LogP contribution in [0, 0.1) is 0 Å². The summed E-state index contributed by atoms with van der Waals surface area (Å²) in [7, 11) is 3.42. The number of halogens is 1. The molecule has 8 heteroatoms. The topological polar surface area (TPSA) is 64.4 Å². The van der Waals surface area contributed by atoms with Crippen LogP contribution >= 0.6 is 27.7 Å². The molecule has 0 unspecified atom stereocenters. The summed E-state index contributed by atoms with van der Waals surface area (Å²) in [6.45, 7) is 3.68.